The number of nitriles is 3. The molecule has 4 aromatic carbocycles. The number of aromatic nitrogens is 3. The lowest BCUT2D eigenvalue weighted by Gasteiger charge is -2.13. The zero-order chi connectivity index (χ0) is 32.9. The maximum Gasteiger partial charge on any atom is 0.101 e. The molecule has 48 heavy (non-hydrogen) atoms. The van der Waals surface area contributed by atoms with Gasteiger partial charge in [0.15, 0.2) is 0 Å². The molecular weight excluding hydrogens is 589 g/mol. The van der Waals surface area contributed by atoms with Crippen LogP contribution in [0.15, 0.2) is 146 Å². The van der Waals surface area contributed by atoms with Crippen molar-refractivity contribution in [2.75, 3.05) is 0 Å². The maximum absolute atomic E-state index is 9.31. The Balaban J connectivity index is 1.28. The standard InChI is InChI=1S/C42H24N6/c43-19-28-13-40(25-46-22-28)34-7-1-31(2-8-34)37-16-38(32-3-9-35(10-4-32)41-14-29(20-44)23-47-26-41)18-39(17-37)33-5-11-36(12-6-33)42-15-30(21-45)24-48-27-42/h1-18,22-27H. The monoisotopic (exact) mass is 612 g/mol. The lowest BCUT2D eigenvalue weighted by Crippen LogP contribution is -1.88. The molecule has 0 aliphatic carbocycles. The van der Waals surface area contributed by atoms with E-state index in [0.29, 0.717) is 16.7 Å². The molecule has 0 amide bonds. The van der Waals surface area contributed by atoms with Crippen LogP contribution in [-0.2, 0) is 0 Å². The largest absolute Gasteiger partial charge is 0.263 e. The van der Waals surface area contributed by atoms with Crippen LogP contribution >= 0.6 is 0 Å². The van der Waals surface area contributed by atoms with E-state index in [1.807, 2.05) is 18.2 Å². The molecule has 0 aliphatic heterocycles. The molecule has 0 radical (unpaired) electrons. The zero-order valence-electron chi connectivity index (χ0n) is 25.5. The molecule has 7 rings (SSSR count). The summed E-state index contributed by atoms with van der Waals surface area (Å²) in [7, 11) is 0. The third-order valence-electron chi connectivity index (χ3n) is 8.19. The summed E-state index contributed by atoms with van der Waals surface area (Å²) in [6.07, 6.45) is 9.98. The highest BCUT2D eigenvalue weighted by atomic mass is 14.6. The Labute approximate surface area is 278 Å². The number of hydrogen-bond donors (Lipinski definition) is 0. The third kappa shape index (κ3) is 6.17. The Hall–Kier alpha value is -7.20. The van der Waals surface area contributed by atoms with Crippen LogP contribution in [0.25, 0.3) is 66.8 Å². The number of rotatable bonds is 6. The van der Waals surface area contributed by atoms with Crippen LogP contribution in [0.2, 0.25) is 0 Å². The van der Waals surface area contributed by atoms with Crippen molar-refractivity contribution in [3.8, 4) is 85.0 Å². The van der Waals surface area contributed by atoms with Gasteiger partial charge in [0.2, 0.25) is 0 Å². The topological polar surface area (TPSA) is 110 Å². The Kier molecular flexibility index (Phi) is 8.01. The first-order chi connectivity index (χ1) is 23.6. The van der Waals surface area contributed by atoms with Crippen molar-refractivity contribution in [1.29, 1.82) is 15.8 Å². The molecule has 0 fully saturated rings. The second-order valence-corrected chi connectivity index (χ2v) is 11.3. The van der Waals surface area contributed by atoms with Gasteiger partial charge in [0.25, 0.3) is 0 Å². The number of nitrogens with zero attached hydrogens (tertiary/aromatic N) is 6. The lowest BCUT2D eigenvalue weighted by molar-refractivity contribution is 1.30. The molecule has 0 spiro atoms. The molecule has 0 aliphatic rings. The molecule has 3 heterocycles. The van der Waals surface area contributed by atoms with Gasteiger partial charge in [-0.15, -0.1) is 0 Å². The van der Waals surface area contributed by atoms with Crippen molar-refractivity contribution < 1.29 is 0 Å². The van der Waals surface area contributed by atoms with Gasteiger partial charge >= 0.3 is 0 Å². The van der Waals surface area contributed by atoms with Crippen LogP contribution in [0.3, 0.4) is 0 Å². The molecule has 3 aromatic heterocycles. The van der Waals surface area contributed by atoms with E-state index in [9.17, 15) is 15.8 Å². The van der Waals surface area contributed by atoms with Crippen molar-refractivity contribution >= 4 is 0 Å². The molecule has 0 saturated heterocycles. The van der Waals surface area contributed by atoms with Crippen molar-refractivity contribution in [3.63, 3.8) is 0 Å². The minimum Gasteiger partial charge on any atom is -0.263 e. The van der Waals surface area contributed by atoms with E-state index < -0.39 is 0 Å². The summed E-state index contributed by atoms with van der Waals surface area (Å²) in [5.74, 6) is 0. The second kappa shape index (κ2) is 13.0. The quantitative estimate of drug-likeness (QED) is 0.185. The molecule has 7 aromatic rings. The fraction of sp³-hybridized carbons (Fsp3) is 0. The summed E-state index contributed by atoms with van der Waals surface area (Å²) in [4.78, 5) is 12.6. The van der Waals surface area contributed by atoms with Crippen LogP contribution in [0.4, 0.5) is 0 Å². The van der Waals surface area contributed by atoms with E-state index in [4.69, 9.17) is 0 Å². The van der Waals surface area contributed by atoms with Crippen LogP contribution in [0.1, 0.15) is 16.7 Å². The summed E-state index contributed by atoms with van der Waals surface area (Å²) in [6, 6.07) is 43.4. The summed E-state index contributed by atoms with van der Waals surface area (Å²) in [6.45, 7) is 0. The van der Waals surface area contributed by atoms with Gasteiger partial charge in [-0.1, -0.05) is 72.8 Å². The Morgan fingerprint density at radius 3 is 0.729 bits per heavy atom. The average Bonchev–Trinajstić information content (AvgIpc) is 3.18. The van der Waals surface area contributed by atoms with Crippen molar-refractivity contribution in [1.82, 2.24) is 15.0 Å². The number of hydrogen-bond acceptors (Lipinski definition) is 6. The highest BCUT2D eigenvalue weighted by Crippen LogP contribution is 2.35. The van der Waals surface area contributed by atoms with E-state index in [2.05, 4.69) is 124 Å². The SMILES string of the molecule is N#Cc1cncc(-c2ccc(-c3cc(-c4ccc(-c5cncc(C#N)c5)cc4)cc(-c4ccc(-c5cncc(C#N)c5)cc4)c3)cc2)c1. The first-order valence-electron chi connectivity index (χ1n) is 15.1. The highest BCUT2D eigenvalue weighted by Gasteiger charge is 2.10. The molecule has 6 nitrogen and oxygen atoms in total. The van der Waals surface area contributed by atoms with E-state index >= 15 is 0 Å². The van der Waals surface area contributed by atoms with Crippen molar-refractivity contribution in [3.05, 3.63) is 163 Å². The molecule has 222 valence electrons. The Morgan fingerprint density at radius 1 is 0.271 bits per heavy atom. The zero-order valence-corrected chi connectivity index (χ0v) is 25.5. The average molecular weight is 613 g/mol. The van der Waals surface area contributed by atoms with Gasteiger partial charge in [-0.25, -0.2) is 0 Å². The van der Waals surface area contributed by atoms with E-state index in [-0.39, 0.29) is 0 Å². The van der Waals surface area contributed by atoms with Gasteiger partial charge in [-0.2, -0.15) is 15.8 Å². The Morgan fingerprint density at radius 2 is 0.500 bits per heavy atom. The fourth-order valence-electron chi connectivity index (χ4n) is 5.67. The Bertz CT molecular complexity index is 2120. The molecule has 0 atom stereocenters. The molecule has 0 saturated carbocycles. The third-order valence-corrected chi connectivity index (χ3v) is 8.19. The summed E-state index contributed by atoms with van der Waals surface area (Å²) < 4.78 is 0. The first kappa shape index (κ1) is 29.5. The van der Waals surface area contributed by atoms with Gasteiger partial charge in [-0.05, 0) is 86.5 Å². The molecule has 0 unspecified atom stereocenters. The van der Waals surface area contributed by atoms with Crippen LogP contribution < -0.4 is 0 Å². The predicted molar refractivity (Wildman–Crippen MR) is 187 cm³/mol. The molecule has 0 N–H and O–H groups in total. The predicted octanol–water partition coefficient (Wildman–Crippen LogP) is 9.49. The lowest BCUT2D eigenvalue weighted by atomic mass is 9.91. The fourth-order valence-corrected chi connectivity index (χ4v) is 5.67. The van der Waals surface area contributed by atoms with Crippen LogP contribution in [0, 0.1) is 34.0 Å². The first-order valence-corrected chi connectivity index (χ1v) is 15.1. The van der Waals surface area contributed by atoms with Gasteiger partial charge in [0.1, 0.15) is 18.2 Å². The van der Waals surface area contributed by atoms with E-state index in [0.717, 1.165) is 66.8 Å². The van der Waals surface area contributed by atoms with E-state index in [1.165, 1.54) is 0 Å². The van der Waals surface area contributed by atoms with Crippen molar-refractivity contribution in [2.45, 2.75) is 0 Å². The number of benzene rings is 4. The minimum absolute atomic E-state index is 0.522. The van der Waals surface area contributed by atoms with Crippen molar-refractivity contribution in [2.24, 2.45) is 0 Å². The molecular formula is C42H24N6. The van der Waals surface area contributed by atoms with Crippen LogP contribution in [0.5, 0.6) is 0 Å². The van der Waals surface area contributed by atoms with Gasteiger partial charge in [0.05, 0.1) is 16.7 Å². The van der Waals surface area contributed by atoms with Gasteiger partial charge in [0, 0.05) is 53.9 Å². The summed E-state index contributed by atoms with van der Waals surface area (Å²) in [5.41, 5.74) is 13.5. The number of pyridine rings is 3. The van der Waals surface area contributed by atoms with Crippen LogP contribution in [-0.4, -0.2) is 15.0 Å². The second-order valence-electron chi connectivity index (χ2n) is 11.3. The van der Waals surface area contributed by atoms with Gasteiger partial charge < -0.3 is 0 Å². The normalized spacial score (nSPS) is 10.4. The van der Waals surface area contributed by atoms with Gasteiger partial charge in [-0.3, -0.25) is 15.0 Å². The van der Waals surface area contributed by atoms with E-state index in [1.54, 1.807) is 37.2 Å². The summed E-state index contributed by atoms with van der Waals surface area (Å²) >= 11 is 0. The molecule has 6 heteroatoms. The minimum atomic E-state index is 0.522. The summed E-state index contributed by atoms with van der Waals surface area (Å²) in [5, 5.41) is 27.9. The molecule has 0 bridgehead atoms. The maximum atomic E-state index is 9.31. The highest BCUT2D eigenvalue weighted by molar-refractivity contribution is 5.83. The smallest absolute Gasteiger partial charge is 0.101 e.